The van der Waals surface area contributed by atoms with E-state index in [2.05, 4.69) is 9.46 Å². The minimum absolute atomic E-state index is 0.0451. The van der Waals surface area contributed by atoms with Crippen LogP contribution >= 0.6 is 11.6 Å². The maximum atomic E-state index is 12.6. The number of sulfonamides is 1. The van der Waals surface area contributed by atoms with Gasteiger partial charge in [-0.1, -0.05) is 24.9 Å². The van der Waals surface area contributed by atoms with Crippen LogP contribution in [-0.2, 0) is 19.5 Å². The van der Waals surface area contributed by atoms with Crippen molar-refractivity contribution in [2.75, 3.05) is 18.4 Å². The molecule has 150 valence electrons. The van der Waals surface area contributed by atoms with Gasteiger partial charge in [-0.3, -0.25) is 4.72 Å². The monoisotopic (exact) mass is 425 g/mol. The molecule has 0 aliphatic heterocycles. The molecular weight excluding hydrogens is 406 g/mol. The number of benzene rings is 2. The lowest BCUT2D eigenvalue weighted by molar-refractivity contribution is 0.0499. The Balaban J connectivity index is 2.18. The molecule has 0 aromatic heterocycles. The molecule has 0 atom stereocenters. The summed E-state index contributed by atoms with van der Waals surface area (Å²) in [4.78, 5) is 23.3. The lowest BCUT2D eigenvalue weighted by Gasteiger charge is -2.11. The highest BCUT2D eigenvalue weighted by Crippen LogP contribution is 2.25. The Hall–Kier alpha value is -2.58. The average molecular weight is 426 g/mol. The molecule has 0 amide bonds. The van der Waals surface area contributed by atoms with Crippen molar-refractivity contribution in [1.29, 1.82) is 0 Å². The quantitative estimate of drug-likeness (QED) is 0.509. The molecule has 7 nitrogen and oxygen atoms in total. The van der Waals surface area contributed by atoms with E-state index in [0.717, 1.165) is 18.9 Å². The number of halogens is 1. The Morgan fingerprint density at radius 1 is 1.04 bits per heavy atom. The highest BCUT2D eigenvalue weighted by molar-refractivity contribution is 7.92. The number of nitrogens with one attached hydrogen (secondary N) is 1. The van der Waals surface area contributed by atoms with Crippen molar-refractivity contribution in [3.05, 3.63) is 58.6 Å². The van der Waals surface area contributed by atoms with Gasteiger partial charge in [-0.05, 0) is 48.9 Å². The van der Waals surface area contributed by atoms with Crippen molar-refractivity contribution < 1.29 is 27.5 Å². The lowest BCUT2D eigenvalue weighted by Crippen LogP contribution is -2.15. The van der Waals surface area contributed by atoms with Gasteiger partial charge in [0.05, 0.1) is 29.9 Å². The molecule has 28 heavy (non-hydrogen) atoms. The Bertz CT molecular complexity index is 957. The van der Waals surface area contributed by atoms with Gasteiger partial charge in [0.25, 0.3) is 10.0 Å². The van der Waals surface area contributed by atoms with E-state index in [4.69, 9.17) is 16.3 Å². The summed E-state index contributed by atoms with van der Waals surface area (Å²) in [5, 5.41) is -0.0451. The fourth-order valence-corrected chi connectivity index (χ4v) is 3.82. The van der Waals surface area contributed by atoms with Crippen LogP contribution in [0.15, 0.2) is 47.4 Å². The van der Waals surface area contributed by atoms with Gasteiger partial charge >= 0.3 is 11.9 Å². The van der Waals surface area contributed by atoms with Gasteiger partial charge in [-0.2, -0.15) is 0 Å². The molecule has 2 aromatic rings. The van der Waals surface area contributed by atoms with Gasteiger partial charge < -0.3 is 9.47 Å². The van der Waals surface area contributed by atoms with Gasteiger partial charge in [-0.25, -0.2) is 18.0 Å². The second kappa shape index (κ2) is 9.57. The number of anilines is 1. The minimum Gasteiger partial charge on any atom is -0.465 e. The first-order valence-electron chi connectivity index (χ1n) is 8.46. The Kier molecular flexibility index (Phi) is 7.42. The van der Waals surface area contributed by atoms with Crippen molar-refractivity contribution in [3.63, 3.8) is 0 Å². The SMILES string of the molecule is CCCCOC(=O)c1ccc(NS(=O)(=O)c2cc(C(=O)OC)ccc2Cl)cc1. The van der Waals surface area contributed by atoms with Crippen molar-refractivity contribution in [3.8, 4) is 0 Å². The molecule has 0 fully saturated rings. The van der Waals surface area contributed by atoms with E-state index in [1.165, 1.54) is 43.5 Å². The first kappa shape index (κ1) is 21.7. The number of hydrogen-bond acceptors (Lipinski definition) is 6. The standard InChI is InChI=1S/C19H20ClNO6S/c1-3-4-11-27-19(23)13-5-8-15(9-6-13)21-28(24,25)17-12-14(18(22)26-2)7-10-16(17)20/h5-10,12,21H,3-4,11H2,1-2H3. The van der Waals surface area contributed by atoms with Crippen molar-refractivity contribution >= 4 is 39.3 Å². The van der Waals surface area contributed by atoms with Crippen LogP contribution in [0.1, 0.15) is 40.5 Å². The number of carbonyl (C=O) groups excluding carboxylic acids is 2. The normalized spacial score (nSPS) is 11.0. The summed E-state index contributed by atoms with van der Waals surface area (Å²) >= 11 is 5.99. The zero-order chi connectivity index (χ0) is 20.7. The number of rotatable bonds is 8. The van der Waals surface area contributed by atoms with Crippen LogP contribution in [0.2, 0.25) is 5.02 Å². The van der Waals surface area contributed by atoms with Gasteiger partial charge in [0.1, 0.15) is 4.90 Å². The van der Waals surface area contributed by atoms with Gasteiger partial charge in [0.2, 0.25) is 0 Å². The smallest absolute Gasteiger partial charge is 0.338 e. The summed E-state index contributed by atoms with van der Waals surface area (Å²) in [6.07, 6.45) is 1.68. The maximum absolute atomic E-state index is 12.6. The average Bonchev–Trinajstić information content (AvgIpc) is 2.68. The molecule has 0 unspecified atom stereocenters. The molecule has 0 radical (unpaired) electrons. The third-order valence-corrected chi connectivity index (χ3v) is 5.61. The summed E-state index contributed by atoms with van der Waals surface area (Å²) in [6.45, 7) is 2.32. The summed E-state index contributed by atoms with van der Waals surface area (Å²) in [6, 6.07) is 9.59. The first-order chi connectivity index (χ1) is 13.3. The molecule has 1 N–H and O–H groups in total. The molecule has 0 heterocycles. The van der Waals surface area contributed by atoms with Crippen molar-refractivity contribution in [2.24, 2.45) is 0 Å². The molecule has 2 aromatic carbocycles. The third kappa shape index (κ3) is 5.46. The lowest BCUT2D eigenvalue weighted by atomic mass is 10.2. The molecule has 0 aliphatic carbocycles. The Morgan fingerprint density at radius 3 is 2.29 bits per heavy atom. The summed E-state index contributed by atoms with van der Waals surface area (Å²) in [5.74, 6) is -1.16. The van der Waals surface area contributed by atoms with Gasteiger partial charge in [0, 0.05) is 5.69 Å². The predicted octanol–water partition coefficient (Wildman–Crippen LogP) is 3.88. The topological polar surface area (TPSA) is 98.8 Å². The molecule has 0 saturated carbocycles. The van der Waals surface area contributed by atoms with Crippen LogP contribution in [0.3, 0.4) is 0 Å². The van der Waals surface area contributed by atoms with E-state index in [0.29, 0.717) is 12.2 Å². The number of methoxy groups -OCH3 is 1. The molecule has 0 aliphatic rings. The minimum atomic E-state index is -4.06. The highest BCUT2D eigenvalue weighted by atomic mass is 35.5. The summed E-state index contributed by atoms with van der Waals surface area (Å²) in [7, 11) is -2.87. The number of unbranched alkanes of at least 4 members (excludes halogenated alkanes) is 1. The van der Waals surface area contributed by atoms with Crippen LogP contribution in [0.25, 0.3) is 0 Å². The third-order valence-electron chi connectivity index (χ3n) is 3.75. The Morgan fingerprint density at radius 2 is 1.68 bits per heavy atom. The van der Waals surface area contributed by atoms with E-state index >= 15 is 0 Å². The van der Waals surface area contributed by atoms with Crippen molar-refractivity contribution in [1.82, 2.24) is 0 Å². The van der Waals surface area contributed by atoms with Crippen LogP contribution in [0.4, 0.5) is 5.69 Å². The summed E-state index contributed by atoms with van der Waals surface area (Å²) in [5.41, 5.74) is 0.590. The number of ether oxygens (including phenoxy) is 2. The molecule has 0 saturated heterocycles. The van der Waals surface area contributed by atoms with Gasteiger partial charge in [0.15, 0.2) is 0 Å². The second-order valence-corrected chi connectivity index (χ2v) is 7.87. The van der Waals surface area contributed by atoms with Crippen LogP contribution in [0, 0.1) is 0 Å². The number of carbonyl (C=O) groups is 2. The second-order valence-electron chi connectivity index (χ2n) is 5.81. The molecule has 9 heteroatoms. The summed E-state index contributed by atoms with van der Waals surface area (Å²) < 4.78 is 37.3. The number of hydrogen-bond donors (Lipinski definition) is 1. The molecule has 0 spiro atoms. The van der Waals surface area contributed by atoms with E-state index < -0.39 is 22.0 Å². The Labute approximate surface area is 168 Å². The van der Waals surface area contributed by atoms with E-state index in [1.807, 2.05) is 6.92 Å². The fourth-order valence-electron chi connectivity index (χ4n) is 2.23. The molecule has 2 rings (SSSR count). The van der Waals surface area contributed by atoms with E-state index in [9.17, 15) is 18.0 Å². The zero-order valence-electron chi connectivity index (χ0n) is 15.4. The predicted molar refractivity (Wildman–Crippen MR) is 105 cm³/mol. The van der Waals surface area contributed by atoms with Gasteiger partial charge in [-0.15, -0.1) is 0 Å². The zero-order valence-corrected chi connectivity index (χ0v) is 17.0. The van der Waals surface area contributed by atoms with Crippen LogP contribution < -0.4 is 4.72 Å². The largest absolute Gasteiger partial charge is 0.465 e. The fraction of sp³-hybridized carbons (Fsp3) is 0.263. The number of esters is 2. The maximum Gasteiger partial charge on any atom is 0.338 e. The highest BCUT2D eigenvalue weighted by Gasteiger charge is 2.21. The van der Waals surface area contributed by atoms with Crippen molar-refractivity contribution in [2.45, 2.75) is 24.7 Å². The molecular formula is C19H20ClNO6S. The molecule has 0 bridgehead atoms. The van der Waals surface area contributed by atoms with Crippen LogP contribution in [-0.4, -0.2) is 34.1 Å². The van der Waals surface area contributed by atoms with E-state index in [1.54, 1.807) is 0 Å². The van der Waals surface area contributed by atoms with Crippen LogP contribution in [0.5, 0.6) is 0 Å². The first-order valence-corrected chi connectivity index (χ1v) is 10.3. The van der Waals surface area contributed by atoms with E-state index in [-0.39, 0.29) is 21.2 Å².